The first-order chi connectivity index (χ1) is 7.15. The van der Waals surface area contributed by atoms with Gasteiger partial charge in [-0.25, -0.2) is 4.79 Å². The number of carbonyl (C=O) groups excluding carboxylic acids is 1. The van der Waals surface area contributed by atoms with E-state index in [4.69, 9.17) is 16.3 Å². The first kappa shape index (κ1) is 10.3. The summed E-state index contributed by atoms with van der Waals surface area (Å²) in [5, 5.41) is 0.714. The quantitative estimate of drug-likeness (QED) is 0.684. The van der Waals surface area contributed by atoms with E-state index in [2.05, 4.69) is 0 Å². The van der Waals surface area contributed by atoms with Crippen LogP contribution in [0, 0.1) is 0 Å². The Bertz CT molecular complexity index is 406. The van der Waals surface area contributed by atoms with Crippen LogP contribution in [0.25, 0.3) is 0 Å². The third-order valence-corrected chi connectivity index (χ3v) is 3.17. The number of methoxy groups -OCH3 is 1. The number of anilines is 1. The number of halogens is 1. The number of esters is 1. The minimum atomic E-state index is -0.245. The van der Waals surface area contributed by atoms with Gasteiger partial charge in [-0.2, -0.15) is 0 Å². The molecule has 0 saturated carbocycles. The molecule has 1 aliphatic heterocycles. The average molecular weight is 226 g/mol. The summed E-state index contributed by atoms with van der Waals surface area (Å²) in [5.41, 5.74) is 2.04. The van der Waals surface area contributed by atoms with Crippen molar-refractivity contribution in [1.29, 1.82) is 0 Å². The lowest BCUT2D eigenvalue weighted by Crippen LogP contribution is -2.36. The smallest absolute Gasteiger partial charge is 0.328 e. The van der Waals surface area contributed by atoms with Crippen molar-refractivity contribution in [3.8, 4) is 0 Å². The van der Waals surface area contributed by atoms with Crippen LogP contribution in [0.15, 0.2) is 18.2 Å². The molecule has 1 atom stereocenters. The van der Waals surface area contributed by atoms with Gasteiger partial charge in [0.15, 0.2) is 0 Å². The van der Waals surface area contributed by atoms with Crippen LogP contribution in [-0.4, -0.2) is 26.2 Å². The number of benzene rings is 1. The number of fused-ring (bicyclic) bond motifs is 1. The molecule has 0 fully saturated rings. The van der Waals surface area contributed by atoms with Crippen LogP contribution in [0.1, 0.15) is 5.56 Å². The molecule has 2 rings (SSSR count). The number of carbonyl (C=O) groups is 1. The predicted molar refractivity (Wildman–Crippen MR) is 59.4 cm³/mol. The topological polar surface area (TPSA) is 29.5 Å². The zero-order valence-electron chi connectivity index (χ0n) is 8.66. The van der Waals surface area contributed by atoms with Gasteiger partial charge in [0.1, 0.15) is 6.04 Å². The molecule has 0 bridgehead atoms. The summed E-state index contributed by atoms with van der Waals surface area (Å²) >= 11 is 6.07. The van der Waals surface area contributed by atoms with Crippen LogP contribution in [0.4, 0.5) is 5.69 Å². The Hall–Kier alpha value is -1.22. The molecule has 15 heavy (non-hydrogen) atoms. The molecule has 1 aliphatic rings. The van der Waals surface area contributed by atoms with Gasteiger partial charge in [-0.1, -0.05) is 17.7 Å². The van der Waals surface area contributed by atoms with E-state index in [-0.39, 0.29) is 12.0 Å². The van der Waals surface area contributed by atoms with Crippen LogP contribution in [0.3, 0.4) is 0 Å². The van der Waals surface area contributed by atoms with Crippen molar-refractivity contribution in [2.45, 2.75) is 12.5 Å². The fraction of sp³-hybridized carbons (Fsp3) is 0.364. The zero-order valence-corrected chi connectivity index (χ0v) is 9.41. The van der Waals surface area contributed by atoms with E-state index in [0.29, 0.717) is 11.4 Å². The second-order valence-corrected chi connectivity index (χ2v) is 4.00. The highest BCUT2D eigenvalue weighted by atomic mass is 35.5. The number of rotatable bonds is 1. The summed E-state index contributed by atoms with van der Waals surface area (Å²) in [5.74, 6) is -0.218. The number of hydrogen-bond donors (Lipinski definition) is 0. The maximum Gasteiger partial charge on any atom is 0.328 e. The molecule has 0 N–H and O–H groups in total. The van der Waals surface area contributed by atoms with Crippen molar-refractivity contribution in [2.75, 3.05) is 19.1 Å². The fourth-order valence-corrected chi connectivity index (χ4v) is 2.20. The molecule has 80 valence electrons. The highest BCUT2D eigenvalue weighted by molar-refractivity contribution is 6.32. The van der Waals surface area contributed by atoms with Gasteiger partial charge in [-0.05, 0) is 17.7 Å². The predicted octanol–water partition coefficient (Wildman–Crippen LogP) is 1.87. The van der Waals surface area contributed by atoms with Crippen molar-refractivity contribution < 1.29 is 9.53 Å². The molecule has 0 aliphatic carbocycles. The highest BCUT2D eigenvalue weighted by Crippen LogP contribution is 2.35. The number of ether oxygens (including phenoxy) is 1. The van der Waals surface area contributed by atoms with E-state index < -0.39 is 0 Å². The first-order valence-corrected chi connectivity index (χ1v) is 5.11. The molecule has 1 heterocycles. The Kier molecular flexibility index (Phi) is 2.57. The van der Waals surface area contributed by atoms with Gasteiger partial charge in [0, 0.05) is 24.2 Å². The molecule has 1 unspecified atom stereocenters. The summed E-state index contributed by atoms with van der Waals surface area (Å²) in [7, 11) is 3.28. The largest absolute Gasteiger partial charge is 0.467 e. The van der Waals surface area contributed by atoms with Crippen LogP contribution in [0.5, 0.6) is 0 Å². The maximum absolute atomic E-state index is 11.5. The first-order valence-electron chi connectivity index (χ1n) is 4.73. The standard InChI is InChI=1S/C11H12ClNO2/c1-13-9-5-3-4-8(12)7(9)6-10(13)11(14)15-2/h3-5,10H,6H2,1-2H3. The van der Waals surface area contributed by atoms with Crippen LogP contribution in [0.2, 0.25) is 5.02 Å². The van der Waals surface area contributed by atoms with E-state index in [1.807, 2.05) is 30.1 Å². The van der Waals surface area contributed by atoms with Gasteiger partial charge < -0.3 is 9.64 Å². The summed E-state index contributed by atoms with van der Waals surface area (Å²) < 4.78 is 4.75. The molecule has 0 spiro atoms. The van der Waals surface area contributed by atoms with Crippen molar-refractivity contribution in [1.82, 2.24) is 0 Å². The number of nitrogens with zero attached hydrogens (tertiary/aromatic N) is 1. The van der Waals surface area contributed by atoms with Gasteiger partial charge in [0.05, 0.1) is 7.11 Å². The minimum Gasteiger partial charge on any atom is -0.467 e. The third-order valence-electron chi connectivity index (χ3n) is 2.81. The summed E-state index contributed by atoms with van der Waals surface area (Å²) in [6.45, 7) is 0. The lowest BCUT2D eigenvalue weighted by atomic mass is 10.1. The molecule has 1 aromatic carbocycles. The number of likely N-dealkylation sites (N-methyl/N-ethyl adjacent to an activating group) is 1. The van der Waals surface area contributed by atoms with Crippen molar-refractivity contribution >= 4 is 23.3 Å². The summed E-state index contributed by atoms with van der Waals surface area (Å²) in [6, 6.07) is 5.44. The molecule has 1 aromatic rings. The zero-order chi connectivity index (χ0) is 11.0. The van der Waals surface area contributed by atoms with Gasteiger partial charge in [-0.3, -0.25) is 0 Å². The van der Waals surface area contributed by atoms with E-state index in [1.54, 1.807) is 0 Å². The van der Waals surface area contributed by atoms with Crippen molar-refractivity contribution in [2.24, 2.45) is 0 Å². The molecular formula is C11H12ClNO2. The van der Waals surface area contributed by atoms with Crippen LogP contribution < -0.4 is 4.90 Å². The van der Waals surface area contributed by atoms with Gasteiger partial charge in [-0.15, -0.1) is 0 Å². The Morgan fingerprint density at radius 1 is 1.60 bits per heavy atom. The van der Waals surface area contributed by atoms with Crippen LogP contribution >= 0.6 is 11.6 Å². The highest BCUT2D eigenvalue weighted by Gasteiger charge is 2.33. The monoisotopic (exact) mass is 225 g/mol. The summed E-state index contributed by atoms with van der Waals surface area (Å²) in [4.78, 5) is 13.4. The van der Waals surface area contributed by atoms with Crippen molar-refractivity contribution in [3.63, 3.8) is 0 Å². The SMILES string of the molecule is COC(=O)C1Cc2c(Cl)cccc2N1C. The van der Waals surface area contributed by atoms with Crippen LogP contribution in [-0.2, 0) is 16.0 Å². The van der Waals surface area contributed by atoms with E-state index in [9.17, 15) is 4.79 Å². The lowest BCUT2D eigenvalue weighted by Gasteiger charge is -2.19. The van der Waals surface area contributed by atoms with E-state index in [1.165, 1.54) is 7.11 Å². The Morgan fingerprint density at radius 2 is 2.33 bits per heavy atom. The molecule has 0 aromatic heterocycles. The Labute approximate surface area is 93.6 Å². The second-order valence-electron chi connectivity index (χ2n) is 3.59. The van der Waals surface area contributed by atoms with E-state index >= 15 is 0 Å². The third kappa shape index (κ3) is 1.57. The molecule has 0 amide bonds. The van der Waals surface area contributed by atoms with E-state index in [0.717, 1.165) is 11.3 Å². The Morgan fingerprint density at radius 3 is 2.93 bits per heavy atom. The normalized spacial score (nSPS) is 18.9. The average Bonchev–Trinajstić information content (AvgIpc) is 2.57. The molecule has 4 heteroatoms. The molecule has 0 saturated heterocycles. The number of hydrogen-bond acceptors (Lipinski definition) is 3. The molecule has 3 nitrogen and oxygen atoms in total. The molecule has 0 radical (unpaired) electrons. The van der Waals surface area contributed by atoms with Gasteiger partial charge in [0.25, 0.3) is 0 Å². The fourth-order valence-electron chi connectivity index (χ4n) is 1.96. The maximum atomic E-state index is 11.5. The lowest BCUT2D eigenvalue weighted by molar-refractivity contribution is -0.141. The van der Waals surface area contributed by atoms with Gasteiger partial charge >= 0.3 is 5.97 Å². The van der Waals surface area contributed by atoms with Crippen molar-refractivity contribution in [3.05, 3.63) is 28.8 Å². The van der Waals surface area contributed by atoms with Gasteiger partial charge in [0.2, 0.25) is 0 Å². The minimum absolute atomic E-state index is 0.218. The Balaban J connectivity index is 2.37. The molecular weight excluding hydrogens is 214 g/mol. The second kappa shape index (κ2) is 3.74. The summed E-state index contributed by atoms with van der Waals surface area (Å²) in [6.07, 6.45) is 0.623.